The Morgan fingerprint density at radius 2 is 1.48 bits per heavy atom. The first-order valence-electron chi connectivity index (χ1n) is 8.18. The van der Waals surface area contributed by atoms with Crippen molar-refractivity contribution >= 4 is 50.5 Å². The van der Waals surface area contributed by atoms with E-state index in [4.69, 9.17) is 28.5 Å². The van der Waals surface area contributed by atoms with Crippen LogP contribution in [0, 0.1) is 11.3 Å². The number of halogens is 2. The molecule has 0 unspecified atom stereocenters. The lowest BCUT2D eigenvalue weighted by atomic mass is 10.1. The van der Waals surface area contributed by atoms with Gasteiger partial charge in [0, 0.05) is 16.9 Å². The van der Waals surface area contributed by atoms with Gasteiger partial charge < -0.3 is 5.32 Å². The van der Waals surface area contributed by atoms with E-state index in [0.717, 1.165) is 0 Å². The van der Waals surface area contributed by atoms with Gasteiger partial charge in [0.15, 0.2) is 0 Å². The van der Waals surface area contributed by atoms with E-state index in [1.165, 1.54) is 42.5 Å². The lowest BCUT2D eigenvalue weighted by Crippen LogP contribution is -2.14. The predicted octanol–water partition coefficient (Wildman–Crippen LogP) is 4.92. The van der Waals surface area contributed by atoms with Crippen LogP contribution >= 0.6 is 23.2 Å². The van der Waals surface area contributed by atoms with Crippen LogP contribution in [0.25, 0.3) is 0 Å². The fourth-order valence-corrected chi connectivity index (χ4v) is 4.71. The molecule has 29 heavy (non-hydrogen) atoms. The van der Waals surface area contributed by atoms with Crippen LogP contribution in [-0.4, -0.2) is 14.3 Å². The Morgan fingerprint density at radius 1 is 0.897 bits per heavy atom. The first kappa shape index (κ1) is 20.7. The van der Waals surface area contributed by atoms with Crippen molar-refractivity contribution < 1.29 is 13.2 Å². The van der Waals surface area contributed by atoms with Crippen LogP contribution in [0.5, 0.6) is 0 Å². The molecular formula is C20H13Cl2N3O3S. The number of sulfonamides is 1. The number of hydrogen-bond donors (Lipinski definition) is 2. The molecule has 146 valence electrons. The number of nitrogens with zero attached hydrogens (tertiary/aromatic N) is 1. The molecule has 9 heteroatoms. The maximum atomic E-state index is 12.6. The molecule has 1 amide bonds. The van der Waals surface area contributed by atoms with Gasteiger partial charge in [-0.15, -0.1) is 0 Å². The van der Waals surface area contributed by atoms with Gasteiger partial charge in [0.1, 0.15) is 4.90 Å². The molecule has 0 heterocycles. The summed E-state index contributed by atoms with van der Waals surface area (Å²) in [5, 5.41) is 11.6. The zero-order valence-corrected chi connectivity index (χ0v) is 17.0. The third kappa shape index (κ3) is 4.87. The number of amides is 1. The summed E-state index contributed by atoms with van der Waals surface area (Å²) in [5.41, 5.74) is 1.43. The summed E-state index contributed by atoms with van der Waals surface area (Å²) in [5.74, 6) is -0.390. The van der Waals surface area contributed by atoms with Gasteiger partial charge in [-0.25, -0.2) is 8.42 Å². The first-order valence-corrected chi connectivity index (χ1v) is 10.4. The molecule has 0 aliphatic rings. The molecule has 0 fully saturated rings. The Morgan fingerprint density at radius 3 is 2.10 bits per heavy atom. The van der Waals surface area contributed by atoms with E-state index in [-0.39, 0.29) is 20.6 Å². The van der Waals surface area contributed by atoms with Gasteiger partial charge in [-0.1, -0.05) is 35.3 Å². The topological polar surface area (TPSA) is 99.1 Å². The normalized spacial score (nSPS) is 10.8. The van der Waals surface area contributed by atoms with Crippen molar-refractivity contribution in [1.29, 1.82) is 5.26 Å². The molecule has 0 atom stereocenters. The van der Waals surface area contributed by atoms with Crippen LogP contribution in [0.4, 0.5) is 11.4 Å². The zero-order valence-electron chi connectivity index (χ0n) is 14.7. The highest BCUT2D eigenvalue weighted by atomic mass is 35.5. The minimum Gasteiger partial charge on any atom is -0.322 e. The quantitative estimate of drug-likeness (QED) is 0.581. The largest absolute Gasteiger partial charge is 0.322 e. The van der Waals surface area contributed by atoms with Crippen LogP contribution in [0.2, 0.25) is 10.0 Å². The monoisotopic (exact) mass is 445 g/mol. The molecule has 0 saturated carbocycles. The summed E-state index contributed by atoms with van der Waals surface area (Å²) in [7, 11) is -3.99. The van der Waals surface area contributed by atoms with Crippen molar-refractivity contribution in [3.05, 3.63) is 87.9 Å². The average molecular weight is 446 g/mol. The van der Waals surface area contributed by atoms with E-state index in [1.807, 2.05) is 6.07 Å². The fraction of sp³-hybridized carbons (Fsp3) is 0. The molecule has 2 N–H and O–H groups in total. The van der Waals surface area contributed by atoms with Gasteiger partial charge in [0.05, 0.1) is 21.7 Å². The lowest BCUT2D eigenvalue weighted by Gasteiger charge is -2.12. The predicted molar refractivity (Wildman–Crippen MR) is 113 cm³/mol. The highest BCUT2D eigenvalue weighted by molar-refractivity contribution is 7.93. The number of rotatable bonds is 5. The Balaban J connectivity index is 1.75. The maximum Gasteiger partial charge on any atom is 0.264 e. The summed E-state index contributed by atoms with van der Waals surface area (Å²) in [6.07, 6.45) is 0. The maximum absolute atomic E-state index is 12.6. The number of anilines is 2. The number of nitriles is 1. The minimum atomic E-state index is -3.99. The van der Waals surface area contributed by atoms with Gasteiger partial charge in [-0.2, -0.15) is 5.26 Å². The van der Waals surface area contributed by atoms with E-state index in [9.17, 15) is 13.2 Å². The molecular weight excluding hydrogens is 433 g/mol. The fourth-order valence-electron chi connectivity index (χ4n) is 2.50. The van der Waals surface area contributed by atoms with E-state index in [1.54, 1.807) is 24.3 Å². The highest BCUT2D eigenvalue weighted by Gasteiger charge is 2.21. The second kappa shape index (κ2) is 8.53. The average Bonchev–Trinajstić information content (AvgIpc) is 2.69. The van der Waals surface area contributed by atoms with Gasteiger partial charge in [-0.05, 0) is 54.6 Å². The molecule has 3 rings (SSSR count). The Labute approximate surface area is 177 Å². The van der Waals surface area contributed by atoms with E-state index >= 15 is 0 Å². The second-order valence-electron chi connectivity index (χ2n) is 5.88. The molecule has 0 radical (unpaired) electrons. The summed E-state index contributed by atoms with van der Waals surface area (Å²) in [4.78, 5) is 12.1. The molecule has 3 aromatic rings. The van der Waals surface area contributed by atoms with Crippen LogP contribution in [0.15, 0.2) is 71.6 Å². The van der Waals surface area contributed by atoms with Gasteiger partial charge in [0.25, 0.3) is 15.9 Å². The van der Waals surface area contributed by atoms with Crippen LogP contribution in [-0.2, 0) is 10.0 Å². The van der Waals surface area contributed by atoms with Crippen molar-refractivity contribution in [2.24, 2.45) is 0 Å². The van der Waals surface area contributed by atoms with E-state index < -0.39 is 15.9 Å². The Bertz CT molecular complexity index is 1200. The molecule has 0 saturated heterocycles. The zero-order chi connectivity index (χ0) is 21.0. The Hall–Kier alpha value is -3.05. The molecule has 0 bridgehead atoms. The third-order valence-electron chi connectivity index (χ3n) is 3.84. The summed E-state index contributed by atoms with van der Waals surface area (Å²) in [6.45, 7) is 0. The standard InChI is InChI=1S/C20H13Cl2N3O3S/c21-17-5-2-6-18(22)19(17)29(27,28)25-16-9-7-15(8-10-16)24-20(26)14-4-1-3-13(11-14)12-23/h1-11,25H,(H,24,26). The number of carbonyl (C=O) groups excluding carboxylic acids is 1. The van der Waals surface area contributed by atoms with E-state index in [2.05, 4.69) is 10.0 Å². The SMILES string of the molecule is N#Cc1cccc(C(=O)Nc2ccc(NS(=O)(=O)c3c(Cl)cccc3Cl)cc2)c1. The van der Waals surface area contributed by atoms with E-state index in [0.29, 0.717) is 16.8 Å². The number of carbonyl (C=O) groups is 1. The van der Waals surface area contributed by atoms with Crippen LogP contribution in [0.3, 0.4) is 0 Å². The first-order chi connectivity index (χ1) is 13.8. The summed E-state index contributed by atoms with van der Waals surface area (Å²) >= 11 is 11.9. The van der Waals surface area contributed by atoms with Gasteiger partial charge >= 0.3 is 0 Å². The Kier molecular flexibility index (Phi) is 6.09. The number of nitrogens with one attached hydrogen (secondary N) is 2. The molecule has 6 nitrogen and oxygen atoms in total. The number of hydrogen-bond acceptors (Lipinski definition) is 4. The van der Waals surface area contributed by atoms with Crippen molar-refractivity contribution in [3.8, 4) is 6.07 Å². The van der Waals surface area contributed by atoms with Crippen molar-refractivity contribution in [2.45, 2.75) is 4.90 Å². The van der Waals surface area contributed by atoms with Gasteiger partial charge in [0.2, 0.25) is 0 Å². The minimum absolute atomic E-state index is 0.00785. The molecule has 3 aromatic carbocycles. The van der Waals surface area contributed by atoms with Gasteiger partial charge in [-0.3, -0.25) is 9.52 Å². The number of benzene rings is 3. The van der Waals surface area contributed by atoms with Crippen molar-refractivity contribution in [2.75, 3.05) is 10.0 Å². The second-order valence-corrected chi connectivity index (χ2v) is 8.31. The lowest BCUT2D eigenvalue weighted by molar-refractivity contribution is 0.102. The summed E-state index contributed by atoms with van der Waals surface area (Å²) in [6, 6.07) is 18.7. The van der Waals surface area contributed by atoms with Crippen molar-refractivity contribution in [1.82, 2.24) is 0 Å². The molecule has 0 spiro atoms. The van der Waals surface area contributed by atoms with Crippen molar-refractivity contribution in [3.63, 3.8) is 0 Å². The highest BCUT2D eigenvalue weighted by Crippen LogP contribution is 2.30. The molecule has 0 aliphatic heterocycles. The van der Waals surface area contributed by atoms with Crippen LogP contribution < -0.4 is 10.0 Å². The molecule has 0 aromatic heterocycles. The summed E-state index contributed by atoms with van der Waals surface area (Å²) < 4.78 is 27.5. The molecule has 0 aliphatic carbocycles. The van der Waals surface area contributed by atoms with Crippen LogP contribution in [0.1, 0.15) is 15.9 Å². The third-order valence-corrected chi connectivity index (χ3v) is 6.17. The smallest absolute Gasteiger partial charge is 0.264 e.